The molecule has 0 aliphatic carbocycles. The molecule has 0 saturated carbocycles. The summed E-state index contributed by atoms with van der Waals surface area (Å²) in [7, 11) is -2.58. The largest absolute Gasteiger partial charge is 0.480 e. The molecule has 1 rings (SSSR count). The highest BCUT2D eigenvalue weighted by molar-refractivity contribution is 6.82. The zero-order valence-electron chi connectivity index (χ0n) is 15.2. The Morgan fingerprint density at radius 2 is 1.60 bits per heavy atom. The molecule has 0 saturated heterocycles. The van der Waals surface area contributed by atoms with Gasteiger partial charge in [0.1, 0.15) is 11.8 Å². The lowest BCUT2D eigenvalue weighted by atomic mass is 10.2. The van der Waals surface area contributed by atoms with E-state index >= 15 is 0 Å². The number of aliphatic carboxylic acids is 1. The number of hydrogen-bond acceptors (Lipinski definition) is 5. The number of carboxylic acid groups (broad SMARTS) is 1. The Balaban J connectivity index is 3.16. The molecular weight excluding hydrogens is 342 g/mol. The van der Waals surface area contributed by atoms with Crippen LogP contribution in [0.3, 0.4) is 0 Å². The molecule has 0 radical (unpaired) electrons. The molecule has 1 aromatic rings. The first-order chi connectivity index (χ1) is 11.6. The van der Waals surface area contributed by atoms with Gasteiger partial charge in [0, 0.05) is 0 Å². The third kappa shape index (κ3) is 4.59. The number of hydrogen-bond donors (Lipinski definition) is 1. The monoisotopic (exact) mass is 367 g/mol. The Kier molecular flexibility index (Phi) is 6.75. The molecule has 1 atom stereocenters. The van der Waals surface area contributed by atoms with Gasteiger partial charge in [-0.3, -0.25) is 4.79 Å². The van der Waals surface area contributed by atoms with Crippen LogP contribution >= 0.6 is 0 Å². The predicted molar refractivity (Wildman–Crippen MR) is 94.9 cm³/mol. The van der Waals surface area contributed by atoms with E-state index in [1.54, 1.807) is 50.8 Å². The van der Waals surface area contributed by atoms with E-state index in [9.17, 15) is 19.5 Å². The SMILES string of the molecule is CCOC(=O)N(C(=O)OCc1ccccc1)[C@@](C)(C(=O)O)[Si](C)(C)C. The number of carboxylic acids is 1. The van der Waals surface area contributed by atoms with Crippen molar-refractivity contribution in [1.82, 2.24) is 4.90 Å². The second kappa shape index (κ2) is 8.15. The van der Waals surface area contributed by atoms with Crippen molar-refractivity contribution in [1.29, 1.82) is 0 Å². The zero-order valence-corrected chi connectivity index (χ0v) is 16.2. The molecule has 0 fully saturated rings. The first kappa shape index (κ1) is 20.7. The number of carbonyl (C=O) groups excluding carboxylic acids is 2. The van der Waals surface area contributed by atoms with Gasteiger partial charge >= 0.3 is 18.2 Å². The maximum Gasteiger partial charge on any atom is 0.420 e. The lowest BCUT2D eigenvalue weighted by molar-refractivity contribution is -0.144. The highest BCUT2D eigenvalue weighted by Gasteiger charge is 2.56. The molecule has 0 aliphatic heterocycles. The topological polar surface area (TPSA) is 93.1 Å². The minimum absolute atomic E-state index is 0.0166. The number of nitrogens with zero attached hydrogens (tertiary/aromatic N) is 1. The number of amides is 2. The molecule has 8 heteroatoms. The summed E-state index contributed by atoms with van der Waals surface area (Å²) < 4.78 is 10.1. The minimum atomic E-state index is -2.58. The van der Waals surface area contributed by atoms with Gasteiger partial charge in [-0.15, -0.1) is 0 Å². The van der Waals surface area contributed by atoms with E-state index in [0.717, 1.165) is 5.56 Å². The fraction of sp³-hybridized carbons (Fsp3) is 0.471. The lowest BCUT2D eigenvalue weighted by Gasteiger charge is -2.42. The van der Waals surface area contributed by atoms with Crippen molar-refractivity contribution < 1.29 is 29.0 Å². The van der Waals surface area contributed by atoms with Crippen LogP contribution in [-0.2, 0) is 20.9 Å². The average molecular weight is 367 g/mol. The van der Waals surface area contributed by atoms with E-state index in [1.807, 2.05) is 6.07 Å². The summed E-state index contributed by atoms with van der Waals surface area (Å²) in [6.07, 6.45) is -2.05. The molecule has 0 unspecified atom stereocenters. The van der Waals surface area contributed by atoms with Crippen molar-refractivity contribution in [3.05, 3.63) is 35.9 Å². The highest BCUT2D eigenvalue weighted by atomic mass is 28.3. The van der Waals surface area contributed by atoms with E-state index in [0.29, 0.717) is 4.90 Å². The summed E-state index contributed by atoms with van der Waals surface area (Å²) in [4.78, 5) is 37.5. The Labute approximate surface area is 148 Å². The summed E-state index contributed by atoms with van der Waals surface area (Å²) in [6, 6.07) is 8.92. The fourth-order valence-electron chi connectivity index (χ4n) is 2.16. The van der Waals surface area contributed by atoms with Crippen molar-refractivity contribution in [3.8, 4) is 0 Å². The smallest absolute Gasteiger partial charge is 0.420 e. The number of carbonyl (C=O) groups is 3. The van der Waals surface area contributed by atoms with Gasteiger partial charge in [-0.25, -0.2) is 9.59 Å². The zero-order chi connectivity index (χ0) is 19.3. The van der Waals surface area contributed by atoms with Crippen LogP contribution in [0.15, 0.2) is 30.3 Å². The van der Waals surface area contributed by atoms with Crippen LogP contribution < -0.4 is 0 Å². The maximum atomic E-state index is 12.6. The number of rotatable bonds is 6. The molecule has 0 heterocycles. The third-order valence-electron chi connectivity index (χ3n) is 4.16. The molecule has 0 bridgehead atoms. The lowest BCUT2D eigenvalue weighted by Crippen LogP contribution is -2.69. The van der Waals surface area contributed by atoms with Gasteiger partial charge in [0.05, 0.1) is 14.7 Å². The molecule has 1 N–H and O–H groups in total. The van der Waals surface area contributed by atoms with E-state index in [4.69, 9.17) is 9.47 Å². The van der Waals surface area contributed by atoms with Crippen LogP contribution in [0.25, 0.3) is 0 Å². The van der Waals surface area contributed by atoms with E-state index in [2.05, 4.69) is 0 Å². The van der Waals surface area contributed by atoms with Crippen LogP contribution in [0.4, 0.5) is 9.59 Å². The van der Waals surface area contributed by atoms with Gasteiger partial charge in [0.15, 0.2) is 0 Å². The molecule has 25 heavy (non-hydrogen) atoms. The normalized spacial score (nSPS) is 13.5. The van der Waals surface area contributed by atoms with Gasteiger partial charge in [-0.05, 0) is 19.4 Å². The Hall–Kier alpha value is -2.35. The van der Waals surface area contributed by atoms with Gasteiger partial charge in [0.25, 0.3) is 0 Å². The van der Waals surface area contributed by atoms with Gasteiger partial charge < -0.3 is 14.6 Å². The standard InChI is InChI=1S/C17H25NO6Si/c1-6-23-15(21)18(17(2,14(19)20)25(3,4)5)16(22)24-12-13-10-8-7-9-11-13/h7-11H,6,12H2,1-5H3,(H,19,20)/t17-/m1/s1. The van der Waals surface area contributed by atoms with Crippen LogP contribution in [0.1, 0.15) is 19.4 Å². The molecule has 138 valence electrons. The summed E-state index contributed by atoms with van der Waals surface area (Å²) in [6.45, 7) is 8.17. The quantitative estimate of drug-likeness (QED) is 0.774. The van der Waals surface area contributed by atoms with Crippen LogP contribution in [0.5, 0.6) is 0 Å². The average Bonchev–Trinajstić information content (AvgIpc) is 2.53. The minimum Gasteiger partial charge on any atom is -0.480 e. The molecule has 1 aromatic carbocycles. The summed E-state index contributed by atoms with van der Waals surface area (Å²) >= 11 is 0. The van der Waals surface area contributed by atoms with Gasteiger partial charge in [-0.2, -0.15) is 4.90 Å². The van der Waals surface area contributed by atoms with Crippen molar-refractivity contribution >= 4 is 26.2 Å². The third-order valence-corrected chi connectivity index (χ3v) is 7.52. The predicted octanol–water partition coefficient (Wildman–Crippen LogP) is 3.50. The molecule has 0 spiro atoms. The molecule has 0 aromatic heterocycles. The second-order valence-corrected chi connectivity index (χ2v) is 12.2. The van der Waals surface area contributed by atoms with Crippen LogP contribution in [-0.4, -0.2) is 48.0 Å². The van der Waals surface area contributed by atoms with Gasteiger partial charge in [-0.1, -0.05) is 50.0 Å². The maximum absolute atomic E-state index is 12.6. The number of benzene rings is 1. The first-order valence-electron chi connectivity index (χ1n) is 7.96. The molecule has 2 amide bonds. The molecule has 0 aliphatic rings. The van der Waals surface area contributed by atoms with E-state index in [1.165, 1.54) is 6.92 Å². The fourth-order valence-corrected chi connectivity index (χ4v) is 3.66. The summed E-state index contributed by atoms with van der Waals surface area (Å²) in [5.74, 6) is -1.27. The Morgan fingerprint density at radius 3 is 2.04 bits per heavy atom. The second-order valence-electron chi connectivity index (χ2n) is 6.70. The van der Waals surface area contributed by atoms with Gasteiger partial charge in [0.2, 0.25) is 0 Å². The van der Waals surface area contributed by atoms with Crippen molar-refractivity contribution in [2.45, 2.75) is 45.3 Å². The van der Waals surface area contributed by atoms with Crippen LogP contribution in [0.2, 0.25) is 19.6 Å². The highest BCUT2D eigenvalue weighted by Crippen LogP contribution is 2.30. The van der Waals surface area contributed by atoms with Crippen molar-refractivity contribution in [3.63, 3.8) is 0 Å². The summed E-state index contributed by atoms with van der Waals surface area (Å²) in [5, 5.41) is 8.05. The summed E-state index contributed by atoms with van der Waals surface area (Å²) in [5.41, 5.74) is 0.727. The van der Waals surface area contributed by atoms with Crippen molar-refractivity contribution in [2.75, 3.05) is 6.61 Å². The first-order valence-corrected chi connectivity index (χ1v) is 11.5. The van der Waals surface area contributed by atoms with Crippen molar-refractivity contribution in [2.24, 2.45) is 0 Å². The Morgan fingerprint density at radius 1 is 1.08 bits per heavy atom. The van der Waals surface area contributed by atoms with E-state index < -0.39 is 31.4 Å². The van der Waals surface area contributed by atoms with Crippen LogP contribution in [0, 0.1) is 0 Å². The Bertz CT molecular complexity index is 628. The number of ether oxygens (including phenoxy) is 2. The molecule has 7 nitrogen and oxygen atoms in total. The molecular formula is C17H25NO6Si. The number of imide groups is 1. The van der Waals surface area contributed by atoms with E-state index in [-0.39, 0.29) is 13.2 Å².